The second-order valence-corrected chi connectivity index (χ2v) is 9.35. The lowest BCUT2D eigenvalue weighted by Crippen LogP contribution is -2.49. The summed E-state index contributed by atoms with van der Waals surface area (Å²) in [5, 5.41) is 4.67. The molecule has 2 aromatic carbocycles. The van der Waals surface area contributed by atoms with E-state index in [0.29, 0.717) is 17.9 Å². The van der Waals surface area contributed by atoms with Crippen molar-refractivity contribution in [2.24, 2.45) is 5.92 Å². The maximum atomic E-state index is 13.8. The molecule has 158 valence electrons. The van der Waals surface area contributed by atoms with Crippen LogP contribution in [0, 0.1) is 19.8 Å². The summed E-state index contributed by atoms with van der Waals surface area (Å²) in [5.74, 6) is 0.684. The summed E-state index contributed by atoms with van der Waals surface area (Å²) >= 11 is 0. The van der Waals surface area contributed by atoms with Crippen molar-refractivity contribution in [2.45, 2.75) is 44.7 Å². The van der Waals surface area contributed by atoms with Gasteiger partial charge < -0.3 is 4.90 Å². The summed E-state index contributed by atoms with van der Waals surface area (Å²) in [5.41, 5.74) is 5.29. The zero-order valence-electron chi connectivity index (χ0n) is 18.2. The third kappa shape index (κ3) is 2.66. The van der Waals surface area contributed by atoms with Crippen molar-refractivity contribution in [2.75, 3.05) is 18.0 Å². The predicted octanol–water partition coefficient (Wildman–Crippen LogP) is 4.43. The van der Waals surface area contributed by atoms with Gasteiger partial charge in [0, 0.05) is 29.9 Å². The van der Waals surface area contributed by atoms with Gasteiger partial charge in [-0.3, -0.25) is 9.69 Å². The predicted molar refractivity (Wildman–Crippen MR) is 121 cm³/mol. The number of hydrogen-bond acceptors (Lipinski definition) is 3. The molecule has 1 spiro atoms. The van der Waals surface area contributed by atoms with Crippen LogP contribution in [0.4, 0.5) is 5.69 Å². The minimum absolute atomic E-state index is 0.297. The largest absolute Gasteiger partial charge is 0.310 e. The van der Waals surface area contributed by atoms with Gasteiger partial charge in [-0.1, -0.05) is 30.3 Å². The third-order valence-corrected chi connectivity index (χ3v) is 7.62. The van der Waals surface area contributed by atoms with Crippen molar-refractivity contribution >= 4 is 11.6 Å². The summed E-state index contributed by atoms with van der Waals surface area (Å²) in [4.78, 5) is 18.3. The number of rotatable bonds is 3. The van der Waals surface area contributed by atoms with Crippen LogP contribution >= 0.6 is 0 Å². The number of benzene rings is 2. The summed E-state index contributed by atoms with van der Waals surface area (Å²) in [6.45, 7) is 5.95. The number of aryl methyl sites for hydroxylation is 2. The first kappa shape index (κ1) is 18.8. The van der Waals surface area contributed by atoms with Gasteiger partial charge >= 0.3 is 0 Å². The highest BCUT2D eigenvalue weighted by atomic mass is 16.2. The molecule has 3 aromatic rings. The van der Waals surface area contributed by atoms with Crippen molar-refractivity contribution in [1.29, 1.82) is 0 Å². The van der Waals surface area contributed by atoms with Gasteiger partial charge in [-0.2, -0.15) is 5.10 Å². The Morgan fingerprint density at radius 1 is 1.00 bits per heavy atom. The second-order valence-electron chi connectivity index (χ2n) is 9.35. The highest BCUT2D eigenvalue weighted by molar-refractivity contribution is 6.03. The molecule has 5 heteroatoms. The van der Waals surface area contributed by atoms with Gasteiger partial charge in [0.15, 0.2) is 0 Å². The molecule has 0 saturated carbocycles. The van der Waals surface area contributed by atoms with Crippen LogP contribution < -0.4 is 4.90 Å². The summed E-state index contributed by atoms with van der Waals surface area (Å²) in [7, 11) is 0. The van der Waals surface area contributed by atoms with Crippen LogP contribution in [0.2, 0.25) is 0 Å². The average molecular weight is 413 g/mol. The van der Waals surface area contributed by atoms with Crippen LogP contribution in [0.25, 0.3) is 5.69 Å². The van der Waals surface area contributed by atoms with E-state index in [9.17, 15) is 4.79 Å². The van der Waals surface area contributed by atoms with Gasteiger partial charge in [0.25, 0.3) is 0 Å². The Labute approximate surface area is 183 Å². The molecule has 3 aliphatic heterocycles. The first-order chi connectivity index (χ1) is 15.1. The van der Waals surface area contributed by atoms with E-state index in [1.807, 2.05) is 34.7 Å². The first-order valence-electron chi connectivity index (χ1n) is 11.4. The van der Waals surface area contributed by atoms with Gasteiger partial charge in [-0.25, -0.2) is 4.68 Å². The fourth-order valence-corrected chi connectivity index (χ4v) is 6.39. The van der Waals surface area contributed by atoms with E-state index in [1.165, 1.54) is 5.56 Å². The monoisotopic (exact) mass is 412 g/mol. The normalized spacial score (nSPS) is 27.7. The van der Waals surface area contributed by atoms with Crippen molar-refractivity contribution in [1.82, 2.24) is 14.7 Å². The quantitative estimate of drug-likeness (QED) is 0.639. The van der Waals surface area contributed by atoms with Crippen LogP contribution in [0.1, 0.15) is 42.3 Å². The van der Waals surface area contributed by atoms with E-state index in [1.54, 1.807) is 0 Å². The molecule has 1 amide bonds. The second kappa shape index (κ2) is 6.79. The van der Waals surface area contributed by atoms with Gasteiger partial charge in [0.2, 0.25) is 5.91 Å². The van der Waals surface area contributed by atoms with Crippen LogP contribution in [-0.2, 0) is 4.79 Å². The lowest BCUT2D eigenvalue weighted by atomic mass is 9.85. The molecule has 0 unspecified atom stereocenters. The Kier molecular flexibility index (Phi) is 4.12. The molecule has 0 bridgehead atoms. The molecule has 0 aliphatic carbocycles. The highest BCUT2D eigenvalue weighted by Gasteiger charge is 2.65. The fraction of sp³-hybridized carbons (Fsp3) is 0.385. The van der Waals surface area contributed by atoms with E-state index < -0.39 is 0 Å². The van der Waals surface area contributed by atoms with Crippen LogP contribution in [0.3, 0.4) is 0 Å². The molecule has 3 atom stereocenters. The van der Waals surface area contributed by atoms with Crippen LogP contribution in [0.15, 0.2) is 60.7 Å². The van der Waals surface area contributed by atoms with E-state index >= 15 is 0 Å². The zero-order chi connectivity index (χ0) is 21.2. The van der Waals surface area contributed by atoms with E-state index in [4.69, 9.17) is 0 Å². The number of nitrogens with zero attached hydrogens (tertiary/aromatic N) is 4. The Hall–Kier alpha value is -2.92. The van der Waals surface area contributed by atoms with Crippen molar-refractivity contribution in [3.8, 4) is 5.69 Å². The number of hydrogen-bond donors (Lipinski definition) is 0. The molecule has 1 aromatic heterocycles. The van der Waals surface area contributed by atoms with Crippen LogP contribution in [0.5, 0.6) is 0 Å². The molecule has 0 radical (unpaired) electrons. The zero-order valence-corrected chi connectivity index (χ0v) is 18.2. The molecule has 3 fully saturated rings. The molecule has 6 rings (SSSR count). The number of aromatic nitrogens is 2. The molecule has 0 N–H and O–H groups in total. The highest BCUT2D eigenvalue weighted by Crippen LogP contribution is 2.56. The molecule has 3 aliphatic rings. The minimum atomic E-state index is -0.325. The Balaban J connectivity index is 1.35. The van der Waals surface area contributed by atoms with Crippen LogP contribution in [-0.4, -0.2) is 39.2 Å². The summed E-state index contributed by atoms with van der Waals surface area (Å²) in [6, 6.07) is 21.3. The fourth-order valence-electron chi connectivity index (χ4n) is 6.39. The lowest BCUT2D eigenvalue weighted by Gasteiger charge is -2.33. The Morgan fingerprint density at radius 2 is 1.81 bits per heavy atom. The average Bonchev–Trinajstić information content (AvgIpc) is 3.50. The Morgan fingerprint density at radius 3 is 2.58 bits per heavy atom. The first-order valence-corrected chi connectivity index (χ1v) is 11.4. The smallest absolute Gasteiger partial charge is 0.247 e. The number of amides is 1. The molecular weight excluding hydrogens is 384 g/mol. The third-order valence-electron chi connectivity index (χ3n) is 7.62. The van der Waals surface area contributed by atoms with Crippen molar-refractivity contribution in [3.05, 3.63) is 77.6 Å². The maximum Gasteiger partial charge on any atom is 0.247 e. The van der Waals surface area contributed by atoms with Crippen molar-refractivity contribution in [3.63, 3.8) is 0 Å². The van der Waals surface area contributed by atoms with Crippen molar-refractivity contribution < 1.29 is 4.79 Å². The van der Waals surface area contributed by atoms with Gasteiger partial charge in [-0.05, 0) is 75.5 Å². The molecule has 31 heavy (non-hydrogen) atoms. The maximum absolute atomic E-state index is 13.8. The topological polar surface area (TPSA) is 41.4 Å². The summed E-state index contributed by atoms with van der Waals surface area (Å²) in [6.07, 6.45) is 3.11. The Bertz CT molecular complexity index is 1150. The number of para-hydroxylation sites is 1. The van der Waals surface area contributed by atoms with E-state index in [2.05, 4.69) is 59.4 Å². The molecule has 3 saturated heterocycles. The van der Waals surface area contributed by atoms with Gasteiger partial charge in [-0.15, -0.1) is 0 Å². The number of carbonyl (C=O) groups excluding carboxylic acids is 1. The van der Waals surface area contributed by atoms with Gasteiger partial charge in [0.05, 0.1) is 11.4 Å². The van der Waals surface area contributed by atoms with E-state index in [0.717, 1.165) is 55.1 Å². The molecular formula is C26H28N4O. The summed E-state index contributed by atoms with van der Waals surface area (Å²) < 4.78 is 2.02. The molecule has 4 heterocycles. The number of carbonyl (C=O) groups is 1. The molecule has 5 nitrogen and oxygen atoms in total. The van der Waals surface area contributed by atoms with E-state index in [-0.39, 0.29) is 5.54 Å². The minimum Gasteiger partial charge on any atom is -0.310 e. The standard InChI is InChI=1S/C26H28N4O/c1-18-14-19(2)30(27-18)23-11-6-8-20(15-23)24-16-21-17-28(22-9-4-3-5-10-22)25(31)26(21)12-7-13-29(24)26/h3-6,8-11,14-15,21,24H,7,12-13,16-17H2,1-2H3/t21-,24-,26-/m0/s1. The SMILES string of the molecule is Cc1cc(C)n(-c2cccc([C@@H]3C[C@H]4CN(c5ccccc5)C(=O)[C@]45CCCN35)c2)n1. The lowest BCUT2D eigenvalue weighted by molar-refractivity contribution is -0.126. The number of anilines is 1. The van der Waals surface area contributed by atoms with Gasteiger partial charge in [0.1, 0.15) is 5.54 Å².